The maximum atomic E-state index is 12.7. The van der Waals surface area contributed by atoms with E-state index in [1.807, 2.05) is 25.1 Å². The minimum atomic E-state index is -0.494. The number of nitrogens with zero attached hydrogens (tertiary/aromatic N) is 2. The molecule has 0 radical (unpaired) electrons. The van der Waals surface area contributed by atoms with E-state index in [1.54, 1.807) is 6.07 Å². The van der Waals surface area contributed by atoms with Crippen LogP contribution >= 0.6 is 11.6 Å². The molecule has 1 aromatic carbocycles. The van der Waals surface area contributed by atoms with Crippen molar-refractivity contribution in [1.82, 2.24) is 14.5 Å². The summed E-state index contributed by atoms with van der Waals surface area (Å²) in [6, 6.07) is 7.44. The number of carbonyl (C=O) groups is 1. The summed E-state index contributed by atoms with van der Waals surface area (Å²) in [5.74, 6) is -0.122. The number of fused-ring (bicyclic) bond motifs is 3. The maximum Gasteiger partial charge on any atom is 0.329 e. The summed E-state index contributed by atoms with van der Waals surface area (Å²) in [6.07, 6.45) is 3.09. The molecular formula is C20H18ClN3O3. The Bertz CT molecular complexity index is 1180. The van der Waals surface area contributed by atoms with Crippen molar-refractivity contribution in [2.75, 3.05) is 0 Å². The van der Waals surface area contributed by atoms with Crippen molar-refractivity contribution in [2.24, 2.45) is 0 Å². The summed E-state index contributed by atoms with van der Waals surface area (Å²) >= 11 is 6.11. The molecule has 0 spiro atoms. The number of aromatic nitrogens is 3. The van der Waals surface area contributed by atoms with Crippen molar-refractivity contribution in [3.8, 4) is 0 Å². The van der Waals surface area contributed by atoms with E-state index in [4.69, 9.17) is 11.6 Å². The van der Waals surface area contributed by atoms with Crippen molar-refractivity contribution in [2.45, 2.75) is 38.6 Å². The van der Waals surface area contributed by atoms with Crippen molar-refractivity contribution >= 4 is 28.4 Å². The molecule has 6 nitrogen and oxygen atoms in total. The lowest BCUT2D eigenvalue weighted by Crippen LogP contribution is -2.33. The quantitative estimate of drug-likeness (QED) is 0.753. The number of hydrogen-bond acceptors (Lipinski definition) is 4. The van der Waals surface area contributed by atoms with Crippen LogP contribution in [0, 0.1) is 0 Å². The fourth-order valence-electron chi connectivity index (χ4n) is 3.84. The number of rotatable bonds is 3. The van der Waals surface area contributed by atoms with E-state index in [1.165, 1.54) is 10.8 Å². The van der Waals surface area contributed by atoms with E-state index >= 15 is 0 Å². The molecule has 2 heterocycles. The molecule has 0 unspecified atom stereocenters. The molecule has 1 atom stereocenters. The van der Waals surface area contributed by atoms with Gasteiger partial charge in [0.05, 0.1) is 5.39 Å². The van der Waals surface area contributed by atoms with E-state index in [0.717, 1.165) is 12.0 Å². The average molecular weight is 384 g/mol. The van der Waals surface area contributed by atoms with Crippen LogP contribution in [0.5, 0.6) is 0 Å². The van der Waals surface area contributed by atoms with Crippen LogP contribution in [0.2, 0.25) is 5.02 Å². The van der Waals surface area contributed by atoms with Gasteiger partial charge in [-0.3, -0.25) is 19.1 Å². The van der Waals surface area contributed by atoms with E-state index in [9.17, 15) is 14.4 Å². The highest BCUT2D eigenvalue weighted by Crippen LogP contribution is 2.35. The third-order valence-electron chi connectivity index (χ3n) is 5.06. The van der Waals surface area contributed by atoms with Crippen LogP contribution in [-0.2, 0) is 13.0 Å². The second kappa shape index (κ2) is 6.78. The molecule has 0 saturated carbocycles. The van der Waals surface area contributed by atoms with Gasteiger partial charge in [0.25, 0.3) is 5.56 Å². The fraction of sp³-hybridized carbons (Fsp3) is 0.300. The SMILES string of the molecule is CCCn1c(=O)[nH]c(=O)c2c3c(cnc21)C(=O)C[C@@H](c1cccc(Cl)c1)C3. The first kappa shape index (κ1) is 17.7. The van der Waals surface area contributed by atoms with Crippen LogP contribution in [-0.4, -0.2) is 20.3 Å². The Morgan fingerprint density at radius 2 is 2.07 bits per heavy atom. The zero-order chi connectivity index (χ0) is 19.1. The third-order valence-corrected chi connectivity index (χ3v) is 5.30. The number of benzene rings is 1. The van der Waals surface area contributed by atoms with Gasteiger partial charge in [-0.15, -0.1) is 0 Å². The Kier molecular flexibility index (Phi) is 4.44. The topological polar surface area (TPSA) is 84.8 Å². The van der Waals surface area contributed by atoms with Crippen LogP contribution in [0.3, 0.4) is 0 Å². The van der Waals surface area contributed by atoms with Crippen molar-refractivity contribution in [1.29, 1.82) is 0 Å². The van der Waals surface area contributed by atoms with E-state index in [2.05, 4.69) is 9.97 Å². The number of ketones is 1. The molecule has 1 aliphatic rings. The second-order valence-corrected chi connectivity index (χ2v) is 7.28. The Balaban J connectivity index is 1.94. The molecule has 7 heteroatoms. The normalized spacial score (nSPS) is 16.5. The van der Waals surface area contributed by atoms with Gasteiger partial charge in [-0.1, -0.05) is 30.7 Å². The van der Waals surface area contributed by atoms with E-state index in [-0.39, 0.29) is 11.7 Å². The highest BCUT2D eigenvalue weighted by atomic mass is 35.5. The summed E-state index contributed by atoms with van der Waals surface area (Å²) in [5.41, 5.74) is 1.45. The Morgan fingerprint density at radius 3 is 2.81 bits per heavy atom. The van der Waals surface area contributed by atoms with Gasteiger partial charge in [0.1, 0.15) is 5.65 Å². The van der Waals surface area contributed by atoms with Gasteiger partial charge in [0, 0.05) is 29.7 Å². The molecule has 0 fully saturated rings. The summed E-state index contributed by atoms with van der Waals surface area (Å²) in [7, 11) is 0. The number of pyridine rings is 1. The van der Waals surface area contributed by atoms with E-state index < -0.39 is 11.2 Å². The first-order chi connectivity index (χ1) is 13.0. The summed E-state index contributed by atoms with van der Waals surface area (Å²) in [5, 5.41) is 0.945. The molecule has 0 aliphatic heterocycles. The van der Waals surface area contributed by atoms with Gasteiger partial charge in [-0.2, -0.15) is 0 Å². The second-order valence-electron chi connectivity index (χ2n) is 6.84. The van der Waals surface area contributed by atoms with Crippen molar-refractivity contribution < 1.29 is 4.79 Å². The van der Waals surface area contributed by atoms with Crippen LogP contribution in [0.1, 0.15) is 47.2 Å². The minimum absolute atomic E-state index is 0.0525. The zero-order valence-corrected chi connectivity index (χ0v) is 15.5. The Hall–Kier alpha value is -2.73. The lowest BCUT2D eigenvalue weighted by molar-refractivity contribution is 0.0964. The minimum Gasteiger partial charge on any atom is -0.294 e. The molecule has 138 valence electrons. The van der Waals surface area contributed by atoms with Gasteiger partial charge in [-0.05, 0) is 42.0 Å². The standard InChI is InChI=1S/C20H18ClN3O3/c1-2-6-24-18-17(19(26)23-20(24)27)14-8-12(9-16(25)15(14)10-22-18)11-4-3-5-13(21)7-11/h3-5,7,10,12H,2,6,8-9H2,1H3,(H,23,26,27)/t12-/m0/s1. The monoisotopic (exact) mass is 383 g/mol. The number of aromatic amines is 1. The maximum absolute atomic E-state index is 12.7. The summed E-state index contributed by atoms with van der Waals surface area (Å²) < 4.78 is 1.46. The van der Waals surface area contributed by atoms with Gasteiger partial charge in [0.15, 0.2) is 5.78 Å². The largest absolute Gasteiger partial charge is 0.329 e. The summed E-state index contributed by atoms with van der Waals surface area (Å²) in [4.78, 5) is 44.2. The predicted octanol–water partition coefficient (Wildman–Crippen LogP) is 3.06. The predicted molar refractivity (Wildman–Crippen MR) is 104 cm³/mol. The van der Waals surface area contributed by atoms with Crippen LogP contribution in [0.4, 0.5) is 0 Å². The Morgan fingerprint density at radius 1 is 1.26 bits per heavy atom. The molecular weight excluding hydrogens is 366 g/mol. The number of Topliss-reactive ketones (excluding diaryl/α,β-unsaturated/α-hetero) is 1. The molecule has 0 amide bonds. The first-order valence-electron chi connectivity index (χ1n) is 8.93. The Labute approximate surface area is 159 Å². The van der Waals surface area contributed by atoms with Crippen LogP contribution in [0.25, 0.3) is 11.0 Å². The van der Waals surface area contributed by atoms with Crippen LogP contribution in [0.15, 0.2) is 40.1 Å². The lowest BCUT2D eigenvalue weighted by atomic mass is 9.79. The van der Waals surface area contributed by atoms with Gasteiger partial charge in [0.2, 0.25) is 0 Å². The van der Waals surface area contributed by atoms with Crippen molar-refractivity contribution in [3.05, 3.63) is 73.0 Å². The van der Waals surface area contributed by atoms with Crippen LogP contribution < -0.4 is 11.2 Å². The first-order valence-corrected chi connectivity index (χ1v) is 9.30. The zero-order valence-electron chi connectivity index (χ0n) is 14.8. The molecule has 1 aliphatic carbocycles. The van der Waals surface area contributed by atoms with Crippen molar-refractivity contribution in [3.63, 3.8) is 0 Å². The number of nitrogens with one attached hydrogen (secondary N) is 1. The number of H-pyrrole nitrogens is 1. The van der Waals surface area contributed by atoms with Gasteiger partial charge >= 0.3 is 5.69 Å². The highest BCUT2D eigenvalue weighted by molar-refractivity contribution is 6.30. The molecule has 1 N–H and O–H groups in total. The number of aryl methyl sites for hydroxylation is 1. The van der Waals surface area contributed by atoms with Gasteiger partial charge < -0.3 is 0 Å². The lowest BCUT2D eigenvalue weighted by Gasteiger charge is -2.25. The highest BCUT2D eigenvalue weighted by Gasteiger charge is 2.30. The number of halogens is 1. The number of hydrogen-bond donors (Lipinski definition) is 1. The summed E-state index contributed by atoms with van der Waals surface area (Å²) in [6.45, 7) is 2.39. The van der Waals surface area contributed by atoms with E-state index in [0.29, 0.717) is 46.6 Å². The molecule has 4 rings (SSSR count). The molecule has 3 aromatic rings. The van der Waals surface area contributed by atoms with Gasteiger partial charge in [-0.25, -0.2) is 9.78 Å². The molecule has 0 saturated heterocycles. The smallest absolute Gasteiger partial charge is 0.294 e. The molecule has 2 aromatic heterocycles. The fourth-order valence-corrected chi connectivity index (χ4v) is 4.03. The molecule has 27 heavy (non-hydrogen) atoms. The average Bonchev–Trinajstić information content (AvgIpc) is 2.64. The number of carbonyl (C=O) groups excluding carboxylic acids is 1. The third kappa shape index (κ3) is 3.00. The molecule has 0 bridgehead atoms.